The molecule has 0 aliphatic carbocycles. The summed E-state index contributed by atoms with van der Waals surface area (Å²) in [5.41, 5.74) is 6.64. The minimum absolute atomic E-state index is 0.0225. The molecular weight excluding hydrogens is 902 g/mol. The van der Waals surface area contributed by atoms with Crippen LogP contribution in [0, 0.1) is 0 Å². The van der Waals surface area contributed by atoms with Crippen molar-refractivity contribution in [3.63, 3.8) is 0 Å². The number of hydrogen-bond donors (Lipinski definition) is 4. The number of oxime groups is 1. The van der Waals surface area contributed by atoms with Gasteiger partial charge in [-0.2, -0.15) is 11.8 Å². The lowest BCUT2D eigenvalue weighted by molar-refractivity contribution is -0.151. The van der Waals surface area contributed by atoms with Crippen molar-refractivity contribution in [2.24, 2.45) is 5.16 Å². The molecule has 0 spiro atoms. The number of hydrogen-bond acceptors (Lipinski definition) is 14. The predicted octanol–water partition coefficient (Wildman–Crippen LogP) is 7.26. The number of nitrogens with one attached hydrogen (secondary N) is 2. The number of thiazole rings is 1. The third-order valence-corrected chi connectivity index (χ3v) is 15.1. The number of halogens is 1. The number of carbonyl (C=O) groups is 4. The molecule has 2 saturated heterocycles. The number of ether oxygens (including phenoxy) is 1. The molecule has 0 bridgehead atoms. The Morgan fingerprint density at radius 3 is 2.16 bits per heavy atom. The fraction of sp³-hybridized carbons (Fsp3) is 0.295. The van der Waals surface area contributed by atoms with Gasteiger partial charge in [0.1, 0.15) is 31.8 Å². The number of aliphatic carboxylic acids is 1. The second-order valence-electron chi connectivity index (χ2n) is 15.4. The molecule has 328 valence electrons. The molecule has 1 unspecified atom stereocenters. The minimum atomic E-state index is -1.41. The van der Waals surface area contributed by atoms with Gasteiger partial charge in [0, 0.05) is 58.1 Å². The first-order chi connectivity index (χ1) is 30.2. The van der Waals surface area contributed by atoms with Crippen LogP contribution in [0.3, 0.4) is 0 Å². The zero-order valence-electron chi connectivity index (χ0n) is 34.4. The first kappa shape index (κ1) is 45.7. The molecule has 7 rings (SSSR count). The lowest BCUT2D eigenvalue weighted by Gasteiger charge is -2.53. The zero-order chi connectivity index (χ0) is 44.8. The Balaban J connectivity index is 1.09. The fourth-order valence-electron chi connectivity index (χ4n) is 6.99. The average Bonchev–Trinajstić information content (AvgIpc) is 3.61. The highest BCUT2D eigenvalue weighted by atomic mass is 35.5. The summed E-state index contributed by atoms with van der Waals surface area (Å²) >= 11 is 11.5. The maximum Gasteiger partial charge on any atom is 0.407 e. The molecule has 2 aromatic heterocycles. The van der Waals surface area contributed by atoms with Crippen molar-refractivity contribution in [1.29, 1.82) is 0 Å². The molecule has 2 fully saturated rings. The van der Waals surface area contributed by atoms with E-state index in [1.807, 2.05) is 97.1 Å². The number of amides is 3. The van der Waals surface area contributed by atoms with Crippen LogP contribution in [0.15, 0.2) is 119 Å². The summed E-state index contributed by atoms with van der Waals surface area (Å²) in [5.74, 6) is -1.15. The SMILES string of the molecule is CC(C)(C)OC(=O)NCCSCc1ncccc1SC1(C(=O)O)CS[C@@H]2[C@H](NC(=O)C(=NOC(c3ccccc3)(c3ccccc3)c3ccccc3)c3nc(N)sc3Cl)C(=O)N2C1. The Morgan fingerprint density at radius 1 is 0.984 bits per heavy atom. The number of pyridine rings is 1. The number of nitrogen functional groups attached to an aromatic ring is 1. The van der Waals surface area contributed by atoms with Crippen molar-refractivity contribution in [1.82, 2.24) is 25.5 Å². The van der Waals surface area contributed by atoms with E-state index in [4.69, 9.17) is 26.9 Å². The maximum atomic E-state index is 14.4. The fourth-order valence-corrected chi connectivity index (χ4v) is 11.8. The highest BCUT2D eigenvalue weighted by molar-refractivity contribution is 8.05. The number of β-lactam (4-membered cyclic amide) rings is 1. The predicted molar refractivity (Wildman–Crippen MR) is 249 cm³/mol. The molecule has 3 amide bonds. The summed E-state index contributed by atoms with van der Waals surface area (Å²) in [5, 5.41) is 20.3. The van der Waals surface area contributed by atoms with Crippen molar-refractivity contribution < 1.29 is 33.9 Å². The molecule has 0 radical (unpaired) electrons. The van der Waals surface area contributed by atoms with Crippen LogP contribution in [0.4, 0.5) is 9.93 Å². The van der Waals surface area contributed by atoms with E-state index < -0.39 is 51.2 Å². The van der Waals surface area contributed by atoms with Gasteiger partial charge in [0.05, 0.1) is 5.69 Å². The summed E-state index contributed by atoms with van der Waals surface area (Å²) in [6.45, 7) is 5.65. The van der Waals surface area contributed by atoms with Gasteiger partial charge in [-0.05, 0) is 32.9 Å². The Hall–Kier alpha value is -5.27. The van der Waals surface area contributed by atoms with E-state index in [1.165, 1.54) is 28.4 Å². The Kier molecular flexibility index (Phi) is 14.3. The summed E-state index contributed by atoms with van der Waals surface area (Å²) in [4.78, 5) is 71.0. The molecule has 14 nitrogen and oxygen atoms in total. The number of carboxylic acids is 1. The van der Waals surface area contributed by atoms with Gasteiger partial charge >= 0.3 is 12.1 Å². The van der Waals surface area contributed by atoms with Gasteiger partial charge in [-0.25, -0.2) is 9.78 Å². The van der Waals surface area contributed by atoms with Crippen molar-refractivity contribution in [3.05, 3.63) is 142 Å². The number of nitrogens with zero attached hydrogens (tertiary/aromatic N) is 4. The standard InChI is InChI=1S/C44H44ClN7O7S4/c1-42(2,3)58-41(57)48-22-23-60-24-30-31(20-13-21-47-30)63-43(39(55)56)25-52-37(54)34(38(52)61-26-43)49-36(53)33(32-35(45)62-40(46)50-32)51-59-44(27-14-7-4-8-15-27,28-16-9-5-10-17-28)29-18-11-6-12-19-29/h4-21,34,38H,22-26H2,1-3H3,(H2,46,50)(H,48,57)(H,49,53)(H,55,56)/t34-,38-,43?/m1/s1. The highest BCUT2D eigenvalue weighted by Gasteiger charge is 2.58. The molecule has 63 heavy (non-hydrogen) atoms. The Morgan fingerprint density at radius 2 is 1.60 bits per heavy atom. The van der Waals surface area contributed by atoms with E-state index >= 15 is 0 Å². The second kappa shape index (κ2) is 19.6. The van der Waals surface area contributed by atoms with E-state index in [0.717, 1.165) is 39.8 Å². The number of thioether (sulfide) groups is 3. The molecule has 5 aromatic rings. The van der Waals surface area contributed by atoms with Gasteiger partial charge in [0.15, 0.2) is 10.8 Å². The Labute approximate surface area is 386 Å². The van der Waals surface area contributed by atoms with Crippen LogP contribution in [0.2, 0.25) is 4.34 Å². The topological polar surface area (TPSA) is 198 Å². The van der Waals surface area contributed by atoms with Crippen LogP contribution in [0.5, 0.6) is 0 Å². The molecule has 0 saturated carbocycles. The molecule has 2 aliphatic rings. The van der Waals surface area contributed by atoms with Gasteiger partial charge in [-0.3, -0.25) is 19.4 Å². The number of benzene rings is 3. The average molecular weight is 947 g/mol. The zero-order valence-corrected chi connectivity index (χ0v) is 38.4. The summed E-state index contributed by atoms with van der Waals surface area (Å²) < 4.78 is 3.97. The van der Waals surface area contributed by atoms with Gasteiger partial charge in [-0.15, -0.1) is 23.5 Å². The third kappa shape index (κ3) is 10.3. The van der Waals surface area contributed by atoms with Gasteiger partial charge in [0.25, 0.3) is 5.91 Å². The van der Waals surface area contributed by atoms with Gasteiger partial charge in [0.2, 0.25) is 11.5 Å². The number of anilines is 1. The van der Waals surface area contributed by atoms with Crippen LogP contribution in [0.1, 0.15) is 48.8 Å². The lowest BCUT2D eigenvalue weighted by atomic mass is 9.80. The van der Waals surface area contributed by atoms with Crippen LogP contribution < -0.4 is 16.4 Å². The number of fused-ring (bicyclic) bond motifs is 1. The Bertz CT molecular complexity index is 2380. The summed E-state index contributed by atoms with van der Waals surface area (Å²) in [7, 11) is 0. The number of aromatic nitrogens is 2. The van der Waals surface area contributed by atoms with Crippen molar-refractivity contribution in [2.45, 2.75) is 58.8 Å². The van der Waals surface area contributed by atoms with E-state index in [1.54, 1.807) is 33.0 Å². The normalized spacial score (nSPS) is 18.8. The van der Waals surface area contributed by atoms with E-state index in [0.29, 0.717) is 28.6 Å². The van der Waals surface area contributed by atoms with Crippen LogP contribution >= 0.6 is 58.2 Å². The van der Waals surface area contributed by atoms with Crippen molar-refractivity contribution in [2.75, 3.05) is 30.3 Å². The number of carboxylic acid groups (broad SMARTS) is 1. The van der Waals surface area contributed by atoms with Crippen molar-refractivity contribution >= 4 is 92.9 Å². The summed E-state index contributed by atoms with van der Waals surface area (Å²) in [6.07, 6.45) is 1.14. The number of alkyl carbamates (subject to hydrolysis) is 1. The number of rotatable bonds is 16. The van der Waals surface area contributed by atoms with Crippen LogP contribution in [-0.2, 0) is 35.3 Å². The third-order valence-electron chi connectivity index (χ3n) is 9.89. The van der Waals surface area contributed by atoms with Gasteiger partial charge in [-0.1, -0.05) is 119 Å². The number of nitrogens with two attached hydrogens (primary N) is 1. The first-order valence-corrected chi connectivity index (χ1v) is 23.9. The van der Waals surface area contributed by atoms with Crippen LogP contribution in [0.25, 0.3) is 0 Å². The summed E-state index contributed by atoms with van der Waals surface area (Å²) in [6, 6.07) is 30.9. The first-order valence-electron chi connectivity index (χ1n) is 19.7. The van der Waals surface area contributed by atoms with E-state index in [9.17, 15) is 24.3 Å². The molecular formula is C44H44ClN7O7S4. The van der Waals surface area contributed by atoms with Crippen LogP contribution in [-0.4, -0.2) is 95.9 Å². The lowest BCUT2D eigenvalue weighted by Crippen LogP contribution is -2.74. The largest absolute Gasteiger partial charge is 0.480 e. The second-order valence-corrected chi connectivity index (χ2v) is 20.7. The van der Waals surface area contributed by atoms with E-state index in [-0.39, 0.29) is 33.2 Å². The molecule has 2 aliphatic heterocycles. The smallest absolute Gasteiger partial charge is 0.407 e. The molecule has 5 N–H and O–H groups in total. The maximum absolute atomic E-state index is 14.4. The van der Waals surface area contributed by atoms with Crippen molar-refractivity contribution in [3.8, 4) is 0 Å². The molecule has 3 atom stereocenters. The molecule has 19 heteroatoms. The monoisotopic (exact) mass is 945 g/mol. The minimum Gasteiger partial charge on any atom is -0.480 e. The quantitative estimate of drug-likeness (QED) is 0.0254. The highest BCUT2D eigenvalue weighted by Crippen LogP contribution is 2.47. The molecule has 4 heterocycles. The van der Waals surface area contributed by atoms with Gasteiger partial charge < -0.3 is 35.9 Å². The number of carbonyl (C=O) groups excluding carboxylic acids is 3. The molecule has 3 aromatic carbocycles. The van der Waals surface area contributed by atoms with E-state index in [2.05, 4.69) is 25.8 Å².